The van der Waals surface area contributed by atoms with Crippen LogP contribution in [0.25, 0.3) is 0 Å². The van der Waals surface area contributed by atoms with Gasteiger partial charge < -0.3 is 44.5 Å². The predicted molar refractivity (Wildman–Crippen MR) is 167 cm³/mol. The van der Waals surface area contributed by atoms with Gasteiger partial charge in [-0.3, -0.25) is 4.79 Å². The molecule has 3 bridgehead atoms. The number of unbranched alkanes of at least 4 members (excludes halogenated alkanes) is 1. The summed E-state index contributed by atoms with van der Waals surface area (Å²) in [4.78, 5) is 12.0. The fourth-order valence-corrected chi connectivity index (χ4v) is 9.45. The van der Waals surface area contributed by atoms with Crippen LogP contribution in [0.5, 0.6) is 0 Å². The molecule has 6 rings (SSSR count). The lowest BCUT2D eigenvalue weighted by Crippen LogP contribution is -2.73. The fraction of sp³-hybridized carbons (Fsp3) is 0.694. The first-order valence-corrected chi connectivity index (χ1v) is 16.8. The molecule has 5 fully saturated rings. The molecule has 5 N–H and O–H groups in total. The van der Waals surface area contributed by atoms with Gasteiger partial charge in [0.15, 0.2) is 5.78 Å². The number of carbonyl (C=O) groups is 1. The molecular weight excluding hydrogens is 592 g/mol. The van der Waals surface area contributed by atoms with Gasteiger partial charge in [-0.25, -0.2) is 0 Å². The SMILES string of the molecule is C=C(C)[C@@]12C[C@@H](C)[C@@]34O[C@](c5ccccc5)(O[C@H]1[C@H]3[C@H](O)[C@@](O)(COCCC=CC(=O)CCCC)[C@@H](O)[C@]1(O)[C@@H](O)[C@@H](C)C[C@@H]14)O2. The van der Waals surface area contributed by atoms with Crippen LogP contribution in [-0.2, 0) is 29.7 Å². The molecule has 0 aromatic heterocycles. The Morgan fingerprint density at radius 3 is 2.50 bits per heavy atom. The van der Waals surface area contributed by atoms with E-state index in [0.29, 0.717) is 30.4 Å². The van der Waals surface area contributed by atoms with E-state index in [-0.39, 0.29) is 18.8 Å². The van der Waals surface area contributed by atoms with Crippen molar-refractivity contribution in [2.75, 3.05) is 13.2 Å². The van der Waals surface area contributed by atoms with Crippen molar-refractivity contribution >= 4 is 5.78 Å². The average Bonchev–Trinajstić information content (AvgIpc) is 3.39. The van der Waals surface area contributed by atoms with E-state index in [1.807, 2.05) is 51.1 Å². The number of ketones is 1. The van der Waals surface area contributed by atoms with E-state index in [1.165, 1.54) is 6.08 Å². The van der Waals surface area contributed by atoms with Crippen LogP contribution >= 0.6 is 0 Å². The number of ether oxygens (including phenoxy) is 4. The third-order valence-corrected chi connectivity index (χ3v) is 11.8. The summed E-state index contributed by atoms with van der Waals surface area (Å²) in [5, 5.41) is 60.9. The van der Waals surface area contributed by atoms with Crippen molar-refractivity contribution in [2.45, 2.75) is 119 Å². The van der Waals surface area contributed by atoms with Gasteiger partial charge in [0.1, 0.15) is 29.0 Å². The Hall–Kier alpha value is -1.99. The molecule has 3 aliphatic carbocycles. The maximum Gasteiger partial charge on any atom is 0.313 e. The molecule has 13 atom stereocenters. The molecule has 2 aliphatic heterocycles. The molecular formula is C36H50O10. The van der Waals surface area contributed by atoms with Gasteiger partial charge in [0, 0.05) is 23.8 Å². The summed E-state index contributed by atoms with van der Waals surface area (Å²) >= 11 is 0. The zero-order chi connectivity index (χ0) is 33.3. The minimum Gasteiger partial charge on any atom is -0.390 e. The molecule has 2 saturated heterocycles. The Kier molecular flexibility index (Phi) is 8.74. The van der Waals surface area contributed by atoms with Crippen molar-refractivity contribution in [3.05, 3.63) is 60.2 Å². The summed E-state index contributed by atoms with van der Waals surface area (Å²) in [6, 6.07) is 9.19. The summed E-state index contributed by atoms with van der Waals surface area (Å²) < 4.78 is 26.5. The number of benzene rings is 1. The maximum absolute atomic E-state index is 12.6. The lowest BCUT2D eigenvalue weighted by atomic mass is 9.53. The molecule has 254 valence electrons. The molecule has 0 spiro atoms. The van der Waals surface area contributed by atoms with Crippen molar-refractivity contribution in [3.8, 4) is 0 Å². The fourth-order valence-electron chi connectivity index (χ4n) is 9.45. The Morgan fingerprint density at radius 2 is 1.83 bits per heavy atom. The molecule has 0 unspecified atom stereocenters. The second-order valence-electron chi connectivity index (χ2n) is 14.6. The Balaban J connectivity index is 1.41. The highest BCUT2D eigenvalue weighted by Gasteiger charge is 2.84. The number of carbonyl (C=O) groups excluding carboxylic acids is 1. The van der Waals surface area contributed by atoms with E-state index < -0.39 is 83.1 Å². The molecule has 5 aliphatic rings. The van der Waals surface area contributed by atoms with E-state index in [1.54, 1.807) is 13.0 Å². The Morgan fingerprint density at radius 1 is 1.11 bits per heavy atom. The van der Waals surface area contributed by atoms with Gasteiger partial charge in [0.05, 0.1) is 31.0 Å². The van der Waals surface area contributed by atoms with E-state index >= 15 is 0 Å². The standard InChI is InChI=1S/C36H50O10/c1-6-7-15-25(37)16-11-12-17-43-20-32(41)29(39)27-30-33(21(2)3)19-23(5)35(27,26-18-22(4)28(38)34(26,42)31(32)40)46-36(44-30,45-33)24-13-9-8-10-14-24/h8-11,13-14,16,22-23,26-31,38-42H,2,6-7,12,15,17-20H2,1,3-5H3/t22-,23+,26-,27+,28-,29-,30-,31+,32-,33-,34+,35-,36+/m0/s1. The van der Waals surface area contributed by atoms with Gasteiger partial charge in [0.25, 0.3) is 0 Å². The number of allylic oxidation sites excluding steroid dienone is 1. The largest absolute Gasteiger partial charge is 0.390 e. The normalized spacial score (nSPS) is 47.5. The van der Waals surface area contributed by atoms with Crippen molar-refractivity contribution in [3.63, 3.8) is 0 Å². The molecule has 2 heterocycles. The number of aliphatic hydroxyl groups excluding tert-OH is 3. The number of hydrogen-bond donors (Lipinski definition) is 5. The first kappa shape index (κ1) is 33.9. The van der Waals surface area contributed by atoms with Crippen molar-refractivity contribution < 1.29 is 49.3 Å². The summed E-state index contributed by atoms with van der Waals surface area (Å²) in [6.45, 7) is 11.4. The summed E-state index contributed by atoms with van der Waals surface area (Å²) in [5.74, 6) is -4.48. The van der Waals surface area contributed by atoms with Gasteiger partial charge in [-0.1, -0.05) is 70.2 Å². The topological polar surface area (TPSA) is 155 Å². The predicted octanol–water partition coefficient (Wildman–Crippen LogP) is 2.89. The van der Waals surface area contributed by atoms with E-state index in [9.17, 15) is 30.3 Å². The van der Waals surface area contributed by atoms with Gasteiger partial charge in [-0.15, -0.1) is 0 Å². The van der Waals surface area contributed by atoms with E-state index in [2.05, 4.69) is 6.58 Å². The quantitative estimate of drug-likeness (QED) is 0.138. The number of hydrogen-bond acceptors (Lipinski definition) is 10. The minimum absolute atomic E-state index is 0.0243. The van der Waals surface area contributed by atoms with E-state index in [4.69, 9.17) is 18.9 Å². The Bertz CT molecular complexity index is 1350. The van der Waals surface area contributed by atoms with Crippen molar-refractivity contribution in [2.24, 2.45) is 23.7 Å². The summed E-state index contributed by atoms with van der Waals surface area (Å²) in [5.41, 5.74) is -5.98. The first-order chi connectivity index (χ1) is 21.7. The van der Waals surface area contributed by atoms with Crippen LogP contribution in [0.2, 0.25) is 0 Å². The third-order valence-electron chi connectivity index (χ3n) is 11.8. The van der Waals surface area contributed by atoms with Crippen molar-refractivity contribution in [1.82, 2.24) is 0 Å². The van der Waals surface area contributed by atoms with Gasteiger partial charge in [-0.05, 0) is 56.1 Å². The second kappa shape index (κ2) is 11.9. The molecule has 10 nitrogen and oxygen atoms in total. The van der Waals surface area contributed by atoms with Crippen LogP contribution in [0.15, 0.2) is 54.6 Å². The van der Waals surface area contributed by atoms with Gasteiger partial charge in [0.2, 0.25) is 0 Å². The molecule has 0 amide bonds. The lowest BCUT2D eigenvalue weighted by molar-refractivity contribution is -0.446. The minimum atomic E-state index is -2.44. The molecule has 1 aromatic rings. The number of fused-ring (bicyclic) bond motifs is 2. The molecule has 3 saturated carbocycles. The van der Waals surface area contributed by atoms with Crippen LogP contribution in [0.3, 0.4) is 0 Å². The third kappa shape index (κ3) is 4.59. The maximum atomic E-state index is 12.6. The first-order valence-electron chi connectivity index (χ1n) is 16.8. The number of aliphatic hydroxyl groups is 5. The van der Waals surface area contributed by atoms with Crippen LogP contribution in [-0.4, -0.2) is 91.3 Å². The highest BCUT2D eigenvalue weighted by molar-refractivity contribution is 5.89. The summed E-state index contributed by atoms with van der Waals surface area (Å²) in [6.07, 6.45) is 0.382. The lowest BCUT2D eigenvalue weighted by Gasteiger charge is -2.61. The van der Waals surface area contributed by atoms with Gasteiger partial charge >= 0.3 is 5.97 Å². The zero-order valence-electron chi connectivity index (χ0n) is 27.3. The van der Waals surface area contributed by atoms with Crippen LogP contribution in [0.1, 0.15) is 71.8 Å². The molecule has 46 heavy (non-hydrogen) atoms. The van der Waals surface area contributed by atoms with Crippen LogP contribution < -0.4 is 0 Å². The second-order valence-corrected chi connectivity index (χ2v) is 14.6. The molecule has 0 radical (unpaired) electrons. The highest BCUT2D eigenvalue weighted by atomic mass is 16.9. The average molecular weight is 643 g/mol. The van der Waals surface area contributed by atoms with Gasteiger partial charge in [-0.2, -0.15) is 0 Å². The summed E-state index contributed by atoms with van der Waals surface area (Å²) in [7, 11) is 0. The van der Waals surface area contributed by atoms with Crippen LogP contribution in [0.4, 0.5) is 0 Å². The smallest absolute Gasteiger partial charge is 0.313 e. The van der Waals surface area contributed by atoms with E-state index in [0.717, 1.165) is 12.8 Å². The van der Waals surface area contributed by atoms with Crippen molar-refractivity contribution in [1.29, 1.82) is 0 Å². The Labute approximate surface area is 271 Å². The zero-order valence-corrected chi connectivity index (χ0v) is 27.3. The highest BCUT2D eigenvalue weighted by Crippen LogP contribution is 2.72. The number of rotatable bonds is 11. The van der Waals surface area contributed by atoms with Crippen LogP contribution in [0, 0.1) is 23.7 Å². The monoisotopic (exact) mass is 642 g/mol. The molecule has 1 aromatic carbocycles. The molecule has 10 heteroatoms.